The van der Waals surface area contributed by atoms with Crippen molar-refractivity contribution < 1.29 is 26.6 Å². The standard InChI is InChI=1S/C12H19O6PS2/c1-4-9-20-19(13,14)17-11-7-6-8-12(10(11)5-2)18-21(3,15)16/h6-8H,4-5,9H2,1-3H3,(H,13,14). The molecular formula is C12H19O6PS2. The lowest BCUT2D eigenvalue weighted by Gasteiger charge is -2.16. The Morgan fingerprint density at radius 3 is 2.43 bits per heavy atom. The fraction of sp³-hybridized carbons (Fsp3) is 0.500. The van der Waals surface area contributed by atoms with Crippen LogP contribution in [0.1, 0.15) is 25.8 Å². The summed E-state index contributed by atoms with van der Waals surface area (Å²) in [7, 11) is -3.68. The zero-order chi connectivity index (χ0) is 16.1. The second kappa shape index (κ2) is 7.54. The van der Waals surface area contributed by atoms with Crippen molar-refractivity contribution in [1.82, 2.24) is 0 Å². The van der Waals surface area contributed by atoms with E-state index in [2.05, 4.69) is 0 Å². The molecule has 1 aromatic carbocycles. The monoisotopic (exact) mass is 354 g/mol. The molecule has 0 heterocycles. The molecule has 0 aliphatic rings. The fourth-order valence-corrected chi connectivity index (χ4v) is 4.58. The molecule has 0 amide bonds. The summed E-state index contributed by atoms with van der Waals surface area (Å²) in [6, 6.07) is 4.51. The fourth-order valence-electron chi connectivity index (χ4n) is 1.58. The van der Waals surface area contributed by atoms with Gasteiger partial charge in [0.05, 0.1) is 6.26 Å². The molecule has 1 atom stereocenters. The number of rotatable bonds is 8. The Bertz CT molecular complexity index is 629. The summed E-state index contributed by atoms with van der Waals surface area (Å²) in [6.45, 7) is -0.160. The molecule has 6 nitrogen and oxygen atoms in total. The van der Waals surface area contributed by atoms with Crippen molar-refractivity contribution in [2.75, 3.05) is 12.0 Å². The Morgan fingerprint density at radius 1 is 1.29 bits per heavy atom. The first-order valence-electron chi connectivity index (χ1n) is 6.36. The summed E-state index contributed by atoms with van der Waals surface area (Å²) in [6.07, 6.45) is 2.09. The van der Waals surface area contributed by atoms with Crippen LogP contribution in [0.4, 0.5) is 0 Å². The highest BCUT2D eigenvalue weighted by atomic mass is 32.7. The third kappa shape index (κ3) is 6.30. The van der Waals surface area contributed by atoms with E-state index in [0.717, 1.165) is 24.1 Å². The normalized spacial score (nSPS) is 14.5. The molecule has 0 saturated carbocycles. The van der Waals surface area contributed by atoms with E-state index in [0.29, 0.717) is 17.7 Å². The van der Waals surface area contributed by atoms with Crippen LogP contribution in [0.3, 0.4) is 0 Å². The first-order valence-corrected chi connectivity index (χ1v) is 11.3. The van der Waals surface area contributed by atoms with Crippen molar-refractivity contribution >= 4 is 28.3 Å². The van der Waals surface area contributed by atoms with Gasteiger partial charge >= 0.3 is 16.9 Å². The van der Waals surface area contributed by atoms with Gasteiger partial charge in [-0.15, -0.1) is 0 Å². The first kappa shape index (κ1) is 18.4. The zero-order valence-electron chi connectivity index (χ0n) is 12.1. The lowest BCUT2D eigenvalue weighted by atomic mass is 10.1. The molecule has 0 aromatic heterocycles. The highest BCUT2D eigenvalue weighted by molar-refractivity contribution is 8.54. The molecule has 1 aromatic rings. The molecule has 0 spiro atoms. The van der Waals surface area contributed by atoms with Crippen LogP contribution in [0.15, 0.2) is 18.2 Å². The van der Waals surface area contributed by atoms with Gasteiger partial charge in [-0.3, -0.25) is 0 Å². The van der Waals surface area contributed by atoms with E-state index in [1.807, 2.05) is 6.92 Å². The molecule has 0 bridgehead atoms. The summed E-state index contributed by atoms with van der Waals surface area (Å²) in [5, 5.41) is 0. The maximum absolute atomic E-state index is 11.9. The van der Waals surface area contributed by atoms with Crippen LogP contribution < -0.4 is 8.71 Å². The van der Waals surface area contributed by atoms with Gasteiger partial charge in [0.15, 0.2) is 0 Å². The smallest absolute Gasteiger partial charge is 0.417 e. The summed E-state index contributed by atoms with van der Waals surface area (Å²) >= 11 is 0.842. The van der Waals surface area contributed by atoms with Crippen LogP contribution in [-0.2, 0) is 21.1 Å². The van der Waals surface area contributed by atoms with E-state index >= 15 is 0 Å². The summed E-state index contributed by atoms with van der Waals surface area (Å²) in [4.78, 5) is 9.78. The lowest BCUT2D eigenvalue weighted by molar-refractivity contribution is 0.400. The average Bonchev–Trinajstić information content (AvgIpc) is 2.34. The summed E-state index contributed by atoms with van der Waals surface area (Å²) in [5.41, 5.74) is 0.439. The zero-order valence-corrected chi connectivity index (χ0v) is 14.6. The second-order valence-corrected chi connectivity index (χ2v) is 9.79. The molecule has 0 aliphatic carbocycles. The van der Waals surface area contributed by atoms with Crippen LogP contribution in [0.25, 0.3) is 0 Å². The molecule has 0 aliphatic heterocycles. The Balaban J connectivity index is 3.08. The molecule has 0 radical (unpaired) electrons. The molecule has 0 fully saturated rings. The van der Waals surface area contributed by atoms with Crippen LogP contribution in [0.2, 0.25) is 0 Å². The predicted octanol–water partition coefficient (Wildman–Crippen LogP) is 3.21. The largest absolute Gasteiger partial charge is 0.437 e. The van der Waals surface area contributed by atoms with Crippen molar-refractivity contribution in [1.29, 1.82) is 0 Å². The van der Waals surface area contributed by atoms with Crippen molar-refractivity contribution in [3.05, 3.63) is 23.8 Å². The Hall–Kier alpha value is -0.690. The van der Waals surface area contributed by atoms with E-state index in [4.69, 9.17) is 8.71 Å². The number of benzene rings is 1. The Morgan fingerprint density at radius 2 is 1.90 bits per heavy atom. The SMILES string of the molecule is CCCSP(=O)(O)Oc1cccc(OS(C)(=O)=O)c1CC. The summed E-state index contributed by atoms with van der Waals surface area (Å²) < 4.78 is 44.5. The minimum Gasteiger partial charge on any atom is -0.417 e. The maximum Gasteiger partial charge on any atom is 0.437 e. The van der Waals surface area contributed by atoms with Gasteiger partial charge in [-0.05, 0) is 36.4 Å². The van der Waals surface area contributed by atoms with Crippen molar-refractivity contribution in [2.45, 2.75) is 26.7 Å². The van der Waals surface area contributed by atoms with Crippen LogP contribution in [-0.4, -0.2) is 25.3 Å². The van der Waals surface area contributed by atoms with Crippen molar-refractivity contribution in [2.24, 2.45) is 0 Å². The quantitative estimate of drug-likeness (QED) is 0.566. The third-order valence-corrected chi connectivity index (χ3v) is 5.93. The van der Waals surface area contributed by atoms with Crippen LogP contribution in [0, 0.1) is 0 Å². The van der Waals surface area contributed by atoms with Gasteiger partial charge < -0.3 is 13.6 Å². The van der Waals surface area contributed by atoms with Gasteiger partial charge in [-0.1, -0.05) is 19.9 Å². The average molecular weight is 354 g/mol. The van der Waals surface area contributed by atoms with Gasteiger partial charge in [0, 0.05) is 11.3 Å². The molecule has 21 heavy (non-hydrogen) atoms. The molecule has 120 valence electrons. The number of hydrogen-bond donors (Lipinski definition) is 1. The van der Waals surface area contributed by atoms with E-state index in [-0.39, 0.29) is 11.5 Å². The highest BCUT2D eigenvalue weighted by Gasteiger charge is 2.24. The molecule has 1 rings (SSSR count). The molecule has 1 unspecified atom stereocenters. The highest BCUT2D eigenvalue weighted by Crippen LogP contribution is 2.56. The van der Waals surface area contributed by atoms with Gasteiger partial charge in [0.1, 0.15) is 11.5 Å². The molecule has 1 N–H and O–H groups in total. The Labute approximate surface area is 129 Å². The molecular weight excluding hydrogens is 335 g/mol. The Kier molecular flexibility index (Phi) is 6.59. The van der Waals surface area contributed by atoms with Gasteiger partial charge in [-0.2, -0.15) is 8.42 Å². The van der Waals surface area contributed by atoms with Crippen molar-refractivity contribution in [3.8, 4) is 11.5 Å². The predicted molar refractivity (Wildman–Crippen MR) is 84.5 cm³/mol. The second-order valence-electron chi connectivity index (χ2n) is 4.27. The molecule has 0 saturated heterocycles. The minimum atomic E-state index is -3.83. The lowest BCUT2D eigenvalue weighted by Crippen LogP contribution is -2.08. The van der Waals surface area contributed by atoms with E-state index in [1.54, 1.807) is 6.92 Å². The minimum absolute atomic E-state index is 0.109. The van der Waals surface area contributed by atoms with Crippen molar-refractivity contribution in [3.63, 3.8) is 0 Å². The van der Waals surface area contributed by atoms with E-state index in [1.165, 1.54) is 18.2 Å². The molecule has 9 heteroatoms. The third-order valence-electron chi connectivity index (χ3n) is 2.36. The van der Waals surface area contributed by atoms with E-state index in [9.17, 15) is 17.9 Å². The van der Waals surface area contributed by atoms with Gasteiger partial charge in [-0.25, -0.2) is 4.57 Å². The van der Waals surface area contributed by atoms with Gasteiger partial charge in [0.2, 0.25) is 0 Å². The first-order chi connectivity index (χ1) is 9.68. The maximum atomic E-state index is 11.9. The van der Waals surface area contributed by atoms with Crippen LogP contribution in [0.5, 0.6) is 11.5 Å². The van der Waals surface area contributed by atoms with E-state index < -0.39 is 16.9 Å². The summed E-state index contributed by atoms with van der Waals surface area (Å²) in [5.74, 6) is 0.764. The van der Waals surface area contributed by atoms with Crippen LogP contribution >= 0.6 is 18.2 Å². The topological polar surface area (TPSA) is 89.9 Å². The van der Waals surface area contributed by atoms with Gasteiger partial charge in [0.25, 0.3) is 0 Å². The number of hydrogen-bond acceptors (Lipinski definition) is 6.